The lowest BCUT2D eigenvalue weighted by Gasteiger charge is -2.31. The Morgan fingerprint density at radius 2 is 2.03 bits per heavy atom. The van der Waals surface area contributed by atoms with E-state index in [1.807, 2.05) is 44.3 Å². The second kappa shape index (κ2) is 8.42. The maximum absolute atomic E-state index is 13.0. The molecule has 0 radical (unpaired) electrons. The summed E-state index contributed by atoms with van der Waals surface area (Å²) in [5.74, 6) is 2.35. The van der Waals surface area contributed by atoms with Crippen LogP contribution in [0.5, 0.6) is 11.5 Å². The fourth-order valence-corrected chi connectivity index (χ4v) is 4.21. The van der Waals surface area contributed by atoms with Crippen molar-refractivity contribution in [2.75, 3.05) is 20.3 Å². The van der Waals surface area contributed by atoms with Crippen molar-refractivity contribution in [3.05, 3.63) is 47.9 Å². The molecule has 2 atom stereocenters. The second-order valence-electron chi connectivity index (χ2n) is 8.17. The van der Waals surface area contributed by atoms with E-state index in [1.54, 1.807) is 11.2 Å². The van der Waals surface area contributed by atoms with Crippen molar-refractivity contribution in [1.29, 1.82) is 0 Å². The van der Waals surface area contributed by atoms with Gasteiger partial charge in [0.1, 0.15) is 19.0 Å². The molecule has 7 nitrogen and oxygen atoms in total. The molecule has 1 saturated heterocycles. The Kier molecular flexibility index (Phi) is 5.70. The van der Waals surface area contributed by atoms with Crippen LogP contribution in [0.25, 0.3) is 0 Å². The van der Waals surface area contributed by atoms with Gasteiger partial charge in [-0.25, -0.2) is 0 Å². The van der Waals surface area contributed by atoms with Gasteiger partial charge in [0, 0.05) is 31.8 Å². The SMILES string of the molecule is CC(c1ccc2c(c1)OCCO2)N(C)C(=O)CCC1(Cc2ccco2)CCC(=O)N1. The zero-order valence-corrected chi connectivity index (χ0v) is 17.5. The highest BCUT2D eigenvalue weighted by Gasteiger charge is 2.39. The monoisotopic (exact) mass is 412 g/mol. The Hall–Kier alpha value is -2.96. The van der Waals surface area contributed by atoms with Gasteiger partial charge in [0.2, 0.25) is 11.8 Å². The van der Waals surface area contributed by atoms with Crippen molar-refractivity contribution in [3.63, 3.8) is 0 Å². The molecule has 0 aliphatic carbocycles. The Balaban J connectivity index is 1.40. The average molecular weight is 412 g/mol. The molecule has 2 aliphatic heterocycles. The van der Waals surface area contributed by atoms with Crippen LogP contribution in [-0.4, -0.2) is 42.5 Å². The van der Waals surface area contributed by atoms with E-state index in [-0.39, 0.29) is 17.9 Å². The molecule has 30 heavy (non-hydrogen) atoms. The second-order valence-corrected chi connectivity index (χ2v) is 8.17. The van der Waals surface area contributed by atoms with Crippen molar-refractivity contribution in [2.24, 2.45) is 0 Å². The zero-order valence-electron chi connectivity index (χ0n) is 17.5. The molecule has 0 bridgehead atoms. The molecule has 0 spiro atoms. The first kappa shape index (κ1) is 20.3. The standard InChI is InChI=1S/C23H28N2O5/c1-16(17-5-6-19-20(14-17)30-13-12-29-19)25(2)22(27)8-10-23(9-7-21(26)24-23)15-18-4-3-11-28-18/h3-6,11,14,16H,7-10,12-13,15H2,1-2H3,(H,24,26). The van der Waals surface area contributed by atoms with E-state index < -0.39 is 5.54 Å². The summed E-state index contributed by atoms with van der Waals surface area (Å²) in [7, 11) is 1.82. The number of nitrogens with one attached hydrogen (secondary N) is 1. The summed E-state index contributed by atoms with van der Waals surface area (Å²) < 4.78 is 16.7. The molecule has 3 heterocycles. The summed E-state index contributed by atoms with van der Waals surface area (Å²) in [6.45, 7) is 3.08. The predicted molar refractivity (Wildman–Crippen MR) is 110 cm³/mol. The van der Waals surface area contributed by atoms with Gasteiger partial charge in [0.05, 0.1) is 12.3 Å². The van der Waals surface area contributed by atoms with Gasteiger partial charge < -0.3 is 24.1 Å². The molecule has 1 aromatic heterocycles. The summed E-state index contributed by atoms with van der Waals surface area (Å²) in [4.78, 5) is 26.6. The van der Waals surface area contributed by atoms with Crippen LogP contribution in [0.4, 0.5) is 0 Å². The number of hydrogen-bond acceptors (Lipinski definition) is 5. The maximum atomic E-state index is 13.0. The van der Waals surface area contributed by atoms with Crippen LogP contribution in [0.3, 0.4) is 0 Å². The number of carbonyl (C=O) groups is 2. The molecule has 2 aliphatic rings. The maximum Gasteiger partial charge on any atom is 0.222 e. The molecule has 2 amide bonds. The van der Waals surface area contributed by atoms with E-state index in [1.165, 1.54) is 0 Å². The smallest absolute Gasteiger partial charge is 0.222 e. The fourth-order valence-electron chi connectivity index (χ4n) is 4.21. The van der Waals surface area contributed by atoms with E-state index in [9.17, 15) is 9.59 Å². The molecule has 0 saturated carbocycles. The lowest BCUT2D eigenvalue weighted by molar-refractivity contribution is -0.132. The first-order chi connectivity index (χ1) is 14.5. The first-order valence-corrected chi connectivity index (χ1v) is 10.4. The normalized spacial score (nSPS) is 21.2. The molecule has 1 aromatic carbocycles. The summed E-state index contributed by atoms with van der Waals surface area (Å²) in [5.41, 5.74) is 0.570. The molecule has 160 valence electrons. The Morgan fingerprint density at radius 3 is 2.73 bits per heavy atom. The quantitative estimate of drug-likeness (QED) is 0.755. The van der Waals surface area contributed by atoms with Crippen molar-refractivity contribution >= 4 is 11.8 Å². The highest BCUT2D eigenvalue weighted by atomic mass is 16.6. The number of fused-ring (bicyclic) bond motifs is 1. The summed E-state index contributed by atoms with van der Waals surface area (Å²) in [6, 6.07) is 9.45. The van der Waals surface area contributed by atoms with Crippen LogP contribution in [0.2, 0.25) is 0 Å². The predicted octanol–water partition coefficient (Wildman–Crippen LogP) is 3.24. The number of furan rings is 1. The summed E-state index contributed by atoms with van der Waals surface area (Å²) >= 11 is 0. The molecular formula is C23H28N2O5. The van der Waals surface area contributed by atoms with Crippen LogP contribution < -0.4 is 14.8 Å². The molecule has 1 N–H and O–H groups in total. The third-order valence-electron chi connectivity index (χ3n) is 6.17. The number of nitrogens with zero attached hydrogens (tertiary/aromatic N) is 1. The fraction of sp³-hybridized carbons (Fsp3) is 0.478. The van der Waals surface area contributed by atoms with E-state index in [0.717, 1.165) is 22.8 Å². The first-order valence-electron chi connectivity index (χ1n) is 10.4. The molecule has 1 fully saturated rings. The van der Waals surface area contributed by atoms with E-state index in [0.29, 0.717) is 45.3 Å². The summed E-state index contributed by atoms with van der Waals surface area (Å²) in [6.07, 6.45) is 4.36. The van der Waals surface area contributed by atoms with Gasteiger partial charge in [0.25, 0.3) is 0 Å². The van der Waals surface area contributed by atoms with E-state index in [2.05, 4.69) is 5.32 Å². The molecule has 4 rings (SSSR count). The van der Waals surface area contributed by atoms with Gasteiger partial charge >= 0.3 is 0 Å². The molecule has 2 aromatic rings. The van der Waals surface area contributed by atoms with Crippen molar-refractivity contribution in [2.45, 2.75) is 50.6 Å². The Morgan fingerprint density at radius 1 is 1.23 bits per heavy atom. The number of rotatable bonds is 7. The van der Waals surface area contributed by atoms with Crippen LogP contribution in [0.15, 0.2) is 41.0 Å². The van der Waals surface area contributed by atoms with Crippen LogP contribution in [0.1, 0.15) is 50.0 Å². The average Bonchev–Trinajstić information content (AvgIpc) is 3.40. The minimum Gasteiger partial charge on any atom is -0.486 e. The molecular weight excluding hydrogens is 384 g/mol. The van der Waals surface area contributed by atoms with E-state index in [4.69, 9.17) is 13.9 Å². The van der Waals surface area contributed by atoms with Crippen LogP contribution in [-0.2, 0) is 16.0 Å². The third-order valence-corrected chi connectivity index (χ3v) is 6.17. The van der Waals surface area contributed by atoms with E-state index >= 15 is 0 Å². The number of hydrogen-bond donors (Lipinski definition) is 1. The largest absolute Gasteiger partial charge is 0.486 e. The topological polar surface area (TPSA) is 81.0 Å². The lowest BCUT2D eigenvalue weighted by atomic mass is 9.87. The van der Waals surface area contributed by atoms with Gasteiger partial charge in [-0.3, -0.25) is 9.59 Å². The lowest BCUT2D eigenvalue weighted by Crippen LogP contribution is -2.44. The minimum absolute atomic E-state index is 0.0343. The number of ether oxygens (including phenoxy) is 2. The number of amides is 2. The van der Waals surface area contributed by atoms with Gasteiger partial charge in [-0.2, -0.15) is 0 Å². The molecule has 7 heteroatoms. The number of carbonyl (C=O) groups excluding carboxylic acids is 2. The Labute approximate surface area is 176 Å². The van der Waals surface area contributed by atoms with Gasteiger partial charge in [0.15, 0.2) is 11.5 Å². The van der Waals surface area contributed by atoms with Crippen molar-refractivity contribution in [3.8, 4) is 11.5 Å². The third kappa shape index (κ3) is 4.30. The minimum atomic E-state index is -0.425. The van der Waals surface area contributed by atoms with Crippen LogP contribution >= 0.6 is 0 Å². The van der Waals surface area contributed by atoms with Crippen molar-refractivity contribution < 1.29 is 23.5 Å². The van der Waals surface area contributed by atoms with Crippen molar-refractivity contribution in [1.82, 2.24) is 10.2 Å². The number of benzene rings is 1. The zero-order chi connectivity index (χ0) is 21.1. The van der Waals surface area contributed by atoms with Gasteiger partial charge in [-0.1, -0.05) is 6.07 Å². The Bertz CT molecular complexity index is 910. The highest BCUT2D eigenvalue weighted by molar-refractivity contribution is 5.80. The van der Waals surface area contributed by atoms with Crippen LogP contribution in [0, 0.1) is 0 Å². The molecule has 2 unspecified atom stereocenters. The van der Waals surface area contributed by atoms with Gasteiger partial charge in [-0.05, 0) is 49.6 Å². The van der Waals surface area contributed by atoms with Gasteiger partial charge in [-0.15, -0.1) is 0 Å². The summed E-state index contributed by atoms with van der Waals surface area (Å²) in [5, 5.41) is 3.09. The highest BCUT2D eigenvalue weighted by Crippen LogP contribution is 2.34.